The van der Waals surface area contributed by atoms with E-state index in [-0.39, 0.29) is 10.8 Å². The molecule has 2 rings (SSSR count). The van der Waals surface area contributed by atoms with E-state index in [1.54, 1.807) is 13.8 Å². The van der Waals surface area contributed by atoms with Crippen LogP contribution in [0, 0.1) is 0 Å². The van der Waals surface area contributed by atoms with Gasteiger partial charge in [0.1, 0.15) is 0 Å². The molecule has 5 nitrogen and oxygen atoms in total. The van der Waals surface area contributed by atoms with E-state index in [4.69, 9.17) is 0 Å². The fourth-order valence-electron chi connectivity index (χ4n) is 2.65. The van der Waals surface area contributed by atoms with Gasteiger partial charge >= 0.3 is 0 Å². The van der Waals surface area contributed by atoms with Gasteiger partial charge in [-0.25, -0.2) is 8.42 Å². The van der Waals surface area contributed by atoms with Crippen LogP contribution in [0.1, 0.15) is 49.5 Å². The van der Waals surface area contributed by atoms with E-state index in [1.807, 2.05) is 24.3 Å². The van der Waals surface area contributed by atoms with E-state index in [0.717, 1.165) is 0 Å². The molecule has 0 unspecified atom stereocenters. The van der Waals surface area contributed by atoms with Crippen molar-refractivity contribution in [1.29, 1.82) is 0 Å². The summed E-state index contributed by atoms with van der Waals surface area (Å²) in [5.74, 6) is 0.161. The molecule has 1 N–H and O–H groups in total. The molecule has 6 heteroatoms. The number of rotatable bonds is 7. The number of benzene rings is 2. The standard InChI is InChI=1S/C20H26N2O3S/c1-5-22(6-2)26(24,25)19-13-9-17(10-14-19)20(23)21-18-11-7-16(8-12-18)15(3)4/h7-15H,5-6H2,1-4H3,(H,21,23). The smallest absolute Gasteiger partial charge is 0.255 e. The molecule has 0 aliphatic carbocycles. The maximum absolute atomic E-state index is 12.5. The minimum absolute atomic E-state index is 0.194. The van der Waals surface area contributed by atoms with Crippen LogP contribution in [0.5, 0.6) is 0 Å². The summed E-state index contributed by atoms with van der Waals surface area (Å²) in [6, 6.07) is 13.7. The molecule has 0 aliphatic heterocycles. The molecule has 2 aromatic rings. The topological polar surface area (TPSA) is 66.5 Å². The zero-order valence-corrected chi connectivity index (χ0v) is 16.5. The quantitative estimate of drug-likeness (QED) is 0.794. The molecule has 0 heterocycles. The van der Waals surface area contributed by atoms with Crippen LogP contribution < -0.4 is 5.32 Å². The molecule has 0 spiro atoms. The first-order valence-electron chi connectivity index (χ1n) is 8.81. The Morgan fingerprint density at radius 3 is 1.96 bits per heavy atom. The minimum Gasteiger partial charge on any atom is -0.322 e. The molecule has 1 amide bonds. The number of nitrogens with zero attached hydrogens (tertiary/aromatic N) is 1. The second-order valence-electron chi connectivity index (χ2n) is 6.34. The Kier molecular flexibility index (Phi) is 6.56. The van der Waals surface area contributed by atoms with E-state index < -0.39 is 10.0 Å². The summed E-state index contributed by atoms with van der Waals surface area (Å²) in [4.78, 5) is 12.6. The Morgan fingerprint density at radius 1 is 0.962 bits per heavy atom. The average molecular weight is 375 g/mol. The van der Waals surface area contributed by atoms with Gasteiger partial charge in [0.05, 0.1) is 4.90 Å². The van der Waals surface area contributed by atoms with E-state index in [9.17, 15) is 13.2 Å². The second kappa shape index (κ2) is 8.47. The summed E-state index contributed by atoms with van der Waals surface area (Å²) in [5.41, 5.74) is 2.32. The number of nitrogens with one attached hydrogen (secondary N) is 1. The van der Waals surface area contributed by atoms with E-state index in [2.05, 4.69) is 19.2 Å². The van der Waals surface area contributed by atoms with Crippen LogP contribution in [-0.4, -0.2) is 31.7 Å². The van der Waals surface area contributed by atoms with Gasteiger partial charge in [0.2, 0.25) is 10.0 Å². The lowest BCUT2D eigenvalue weighted by Crippen LogP contribution is -2.30. The van der Waals surface area contributed by atoms with Gasteiger partial charge in [0, 0.05) is 24.3 Å². The maximum atomic E-state index is 12.5. The van der Waals surface area contributed by atoms with Crippen molar-refractivity contribution in [2.45, 2.75) is 38.5 Å². The Hall–Kier alpha value is -2.18. The predicted molar refractivity (Wildman–Crippen MR) is 105 cm³/mol. The molecule has 2 aromatic carbocycles. The first-order chi connectivity index (χ1) is 12.3. The fourth-order valence-corrected chi connectivity index (χ4v) is 4.10. The Bertz CT molecular complexity index is 838. The van der Waals surface area contributed by atoms with Gasteiger partial charge in [-0.2, -0.15) is 4.31 Å². The van der Waals surface area contributed by atoms with Crippen LogP contribution in [0.3, 0.4) is 0 Å². The number of hydrogen-bond donors (Lipinski definition) is 1. The van der Waals surface area contributed by atoms with Crippen molar-refractivity contribution in [3.63, 3.8) is 0 Å². The number of carbonyl (C=O) groups excluding carboxylic acids is 1. The zero-order chi connectivity index (χ0) is 19.3. The highest BCUT2D eigenvalue weighted by Crippen LogP contribution is 2.19. The first kappa shape index (κ1) is 20.1. The van der Waals surface area contributed by atoms with Crippen LogP contribution in [0.25, 0.3) is 0 Å². The third-order valence-electron chi connectivity index (χ3n) is 4.29. The van der Waals surface area contributed by atoms with Gasteiger partial charge in [0.15, 0.2) is 0 Å². The maximum Gasteiger partial charge on any atom is 0.255 e. The Morgan fingerprint density at radius 2 is 1.50 bits per heavy atom. The highest BCUT2D eigenvalue weighted by Gasteiger charge is 2.21. The first-order valence-corrected chi connectivity index (χ1v) is 10.2. The molecule has 0 aromatic heterocycles. The lowest BCUT2D eigenvalue weighted by molar-refractivity contribution is 0.102. The molecule has 0 fully saturated rings. The fraction of sp³-hybridized carbons (Fsp3) is 0.350. The minimum atomic E-state index is -3.51. The van der Waals surface area contributed by atoms with Crippen LogP contribution >= 0.6 is 0 Å². The van der Waals surface area contributed by atoms with Crippen molar-refractivity contribution in [2.24, 2.45) is 0 Å². The number of hydrogen-bond acceptors (Lipinski definition) is 3. The highest BCUT2D eigenvalue weighted by atomic mass is 32.2. The SMILES string of the molecule is CCN(CC)S(=O)(=O)c1ccc(C(=O)Nc2ccc(C(C)C)cc2)cc1. The molecule has 0 saturated carbocycles. The molecule has 26 heavy (non-hydrogen) atoms. The third kappa shape index (κ3) is 4.51. The molecule has 0 atom stereocenters. The van der Waals surface area contributed by atoms with Gasteiger partial charge < -0.3 is 5.32 Å². The summed E-state index contributed by atoms with van der Waals surface area (Å²) in [6.07, 6.45) is 0. The monoisotopic (exact) mass is 374 g/mol. The lowest BCUT2D eigenvalue weighted by Gasteiger charge is -2.18. The lowest BCUT2D eigenvalue weighted by atomic mass is 10.0. The van der Waals surface area contributed by atoms with Crippen molar-refractivity contribution >= 4 is 21.6 Å². The number of sulfonamides is 1. The molecule has 0 aliphatic rings. The van der Waals surface area contributed by atoms with E-state index in [0.29, 0.717) is 30.3 Å². The number of anilines is 1. The summed E-state index contributed by atoms with van der Waals surface area (Å²) >= 11 is 0. The Labute approximate surface area is 156 Å². The van der Waals surface area contributed by atoms with E-state index in [1.165, 1.54) is 34.1 Å². The van der Waals surface area contributed by atoms with Gasteiger partial charge in [-0.1, -0.05) is 39.8 Å². The normalized spacial score (nSPS) is 11.8. The van der Waals surface area contributed by atoms with Gasteiger partial charge in [-0.05, 0) is 47.9 Å². The van der Waals surface area contributed by atoms with Crippen molar-refractivity contribution in [3.8, 4) is 0 Å². The van der Waals surface area contributed by atoms with Crippen molar-refractivity contribution in [3.05, 3.63) is 59.7 Å². The van der Waals surface area contributed by atoms with Gasteiger partial charge in [-0.15, -0.1) is 0 Å². The molecule has 0 bridgehead atoms. The van der Waals surface area contributed by atoms with Crippen LogP contribution in [0.4, 0.5) is 5.69 Å². The summed E-state index contributed by atoms with van der Waals surface area (Å²) in [7, 11) is -3.51. The predicted octanol–water partition coefficient (Wildman–Crippen LogP) is 4.09. The van der Waals surface area contributed by atoms with Crippen molar-refractivity contribution < 1.29 is 13.2 Å². The average Bonchev–Trinajstić information content (AvgIpc) is 2.63. The molecule has 0 saturated heterocycles. The second-order valence-corrected chi connectivity index (χ2v) is 8.28. The van der Waals surface area contributed by atoms with Crippen molar-refractivity contribution in [2.75, 3.05) is 18.4 Å². The van der Waals surface area contributed by atoms with Gasteiger partial charge in [-0.3, -0.25) is 4.79 Å². The Balaban J connectivity index is 2.13. The zero-order valence-electron chi connectivity index (χ0n) is 15.7. The van der Waals surface area contributed by atoms with Crippen LogP contribution in [0.15, 0.2) is 53.4 Å². The van der Waals surface area contributed by atoms with Crippen LogP contribution in [0.2, 0.25) is 0 Å². The van der Waals surface area contributed by atoms with Crippen LogP contribution in [-0.2, 0) is 10.0 Å². The molecular weight excluding hydrogens is 348 g/mol. The van der Waals surface area contributed by atoms with Gasteiger partial charge in [0.25, 0.3) is 5.91 Å². The molecular formula is C20H26N2O3S. The summed E-state index contributed by atoms with van der Waals surface area (Å²) < 4.78 is 26.3. The third-order valence-corrected chi connectivity index (χ3v) is 6.36. The largest absolute Gasteiger partial charge is 0.322 e. The number of carbonyl (C=O) groups is 1. The van der Waals surface area contributed by atoms with E-state index >= 15 is 0 Å². The number of amides is 1. The van der Waals surface area contributed by atoms with Crippen molar-refractivity contribution in [1.82, 2.24) is 4.31 Å². The highest BCUT2D eigenvalue weighted by molar-refractivity contribution is 7.89. The molecule has 0 radical (unpaired) electrons. The summed E-state index contributed by atoms with van der Waals surface area (Å²) in [5, 5.41) is 2.83. The summed E-state index contributed by atoms with van der Waals surface area (Å²) in [6.45, 7) is 8.64. The molecule has 140 valence electrons.